The van der Waals surface area contributed by atoms with Gasteiger partial charge in [-0.3, -0.25) is 0 Å². The monoisotopic (exact) mass is 379 g/mol. The Morgan fingerprint density at radius 1 is 1.22 bits per heavy atom. The number of benzene rings is 1. The van der Waals surface area contributed by atoms with E-state index in [1.54, 1.807) is 19.3 Å². The summed E-state index contributed by atoms with van der Waals surface area (Å²) in [6, 6.07) is 8.26. The molecule has 0 aliphatic rings. The highest BCUT2D eigenvalue weighted by Crippen LogP contribution is 2.12. The van der Waals surface area contributed by atoms with E-state index in [2.05, 4.69) is 5.32 Å². The third-order valence-electron chi connectivity index (χ3n) is 3.26. The number of nitrogens with one attached hydrogen (secondary N) is 1. The highest BCUT2D eigenvalue weighted by molar-refractivity contribution is 5.80. The summed E-state index contributed by atoms with van der Waals surface area (Å²) in [5, 5.41) is 20.9. The van der Waals surface area contributed by atoms with Gasteiger partial charge in [-0.2, -0.15) is 0 Å². The van der Waals surface area contributed by atoms with Crippen LogP contribution in [0.15, 0.2) is 48.6 Å². The number of carbonyl (C=O) groups is 1. The fourth-order valence-corrected chi connectivity index (χ4v) is 1.84. The van der Waals surface area contributed by atoms with Crippen molar-refractivity contribution in [2.24, 2.45) is 0 Å². The van der Waals surface area contributed by atoms with Crippen molar-refractivity contribution in [2.45, 2.75) is 39.3 Å². The van der Waals surface area contributed by atoms with Crippen LogP contribution in [-0.2, 0) is 16.0 Å². The fraction of sp³-hybridized carbons (Fsp3) is 0.476. The Morgan fingerprint density at radius 2 is 1.89 bits per heavy atom. The number of hydrogen-bond acceptors (Lipinski definition) is 5. The Morgan fingerprint density at radius 3 is 2.41 bits per heavy atom. The third kappa shape index (κ3) is 15.8. The van der Waals surface area contributed by atoms with Crippen molar-refractivity contribution in [3.05, 3.63) is 54.1 Å². The van der Waals surface area contributed by atoms with Gasteiger partial charge in [-0.15, -0.1) is 0 Å². The van der Waals surface area contributed by atoms with E-state index in [4.69, 9.17) is 14.6 Å². The lowest BCUT2D eigenvalue weighted by molar-refractivity contribution is -0.131. The first kappa shape index (κ1) is 24.8. The van der Waals surface area contributed by atoms with Gasteiger partial charge in [0.25, 0.3) is 0 Å². The molecule has 0 aliphatic heterocycles. The zero-order valence-corrected chi connectivity index (χ0v) is 16.7. The van der Waals surface area contributed by atoms with Crippen molar-refractivity contribution < 1.29 is 24.5 Å². The molecule has 1 aromatic rings. The van der Waals surface area contributed by atoms with E-state index in [0.717, 1.165) is 24.9 Å². The number of ether oxygens (including phenoxy) is 2. The maximum atomic E-state index is 9.75. The summed E-state index contributed by atoms with van der Waals surface area (Å²) in [5.41, 5.74) is 1.22. The number of carboxylic acids is 1. The molecule has 0 saturated carbocycles. The number of hydrogen-bond donors (Lipinski definition) is 3. The van der Waals surface area contributed by atoms with Crippen LogP contribution in [0.4, 0.5) is 0 Å². The number of allylic oxidation sites excluding steroid dienone is 3. The van der Waals surface area contributed by atoms with Crippen LogP contribution >= 0.6 is 0 Å². The van der Waals surface area contributed by atoms with E-state index >= 15 is 0 Å². The minimum Gasteiger partial charge on any atom is -0.491 e. The Hall–Kier alpha value is -2.15. The largest absolute Gasteiger partial charge is 0.491 e. The molecular formula is C21H33NO5. The van der Waals surface area contributed by atoms with Crippen molar-refractivity contribution in [3.63, 3.8) is 0 Å². The molecule has 1 rings (SSSR count). The molecule has 0 aromatic heterocycles. The molecule has 6 nitrogen and oxygen atoms in total. The molecule has 1 unspecified atom stereocenters. The van der Waals surface area contributed by atoms with E-state index < -0.39 is 12.1 Å². The quantitative estimate of drug-likeness (QED) is 0.405. The normalized spacial score (nSPS) is 12.2. The second-order valence-corrected chi connectivity index (χ2v) is 6.14. The van der Waals surface area contributed by atoms with Crippen molar-refractivity contribution in [1.29, 1.82) is 0 Å². The summed E-state index contributed by atoms with van der Waals surface area (Å²) in [6.45, 7) is 7.49. The molecule has 0 fully saturated rings. The summed E-state index contributed by atoms with van der Waals surface area (Å²) in [5.74, 6) is -0.132. The van der Waals surface area contributed by atoms with Gasteiger partial charge in [0.15, 0.2) is 0 Å². The van der Waals surface area contributed by atoms with E-state index in [1.807, 2.05) is 45.0 Å². The molecule has 6 heteroatoms. The third-order valence-corrected chi connectivity index (χ3v) is 3.26. The van der Waals surface area contributed by atoms with Crippen LogP contribution in [0.5, 0.6) is 5.75 Å². The number of aliphatic hydroxyl groups is 1. The zero-order chi connectivity index (χ0) is 20.5. The van der Waals surface area contributed by atoms with E-state index in [1.165, 1.54) is 11.6 Å². The average Bonchev–Trinajstić information content (AvgIpc) is 2.64. The first-order chi connectivity index (χ1) is 12.9. The number of carboxylic acid groups (broad SMARTS) is 1. The number of rotatable bonds is 11. The maximum Gasteiger partial charge on any atom is 0.328 e. The lowest BCUT2D eigenvalue weighted by atomic mass is 10.1. The summed E-state index contributed by atoms with van der Waals surface area (Å²) in [7, 11) is 1.70. The van der Waals surface area contributed by atoms with Crippen molar-refractivity contribution >= 4 is 5.97 Å². The van der Waals surface area contributed by atoms with Gasteiger partial charge in [0.2, 0.25) is 0 Å². The molecule has 152 valence electrons. The Bertz CT molecular complexity index is 552. The summed E-state index contributed by atoms with van der Waals surface area (Å²) in [6.07, 6.45) is 6.39. The van der Waals surface area contributed by atoms with Gasteiger partial charge in [-0.05, 0) is 31.0 Å². The Labute approximate surface area is 162 Å². The smallest absolute Gasteiger partial charge is 0.328 e. The van der Waals surface area contributed by atoms with E-state index in [9.17, 15) is 9.90 Å². The lowest BCUT2D eigenvalue weighted by Crippen LogP contribution is -2.35. The molecular weight excluding hydrogens is 346 g/mol. The predicted octanol–water partition coefficient (Wildman–Crippen LogP) is 2.82. The SMILES string of the molecule is C/C=C/C=C/C(=O)O.COCCc1ccc(OCC(O)CNC(C)C)cc1. The summed E-state index contributed by atoms with van der Waals surface area (Å²) in [4.78, 5) is 9.75. The molecule has 0 aliphatic carbocycles. The Balaban J connectivity index is 0.000000713. The Kier molecular flexibility index (Phi) is 14.8. The molecule has 1 aromatic carbocycles. The minimum atomic E-state index is -0.914. The molecule has 0 bridgehead atoms. The van der Waals surface area contributed by atoms with E-state index in [0.29, 0.717) is 19.2 Å². The van der Waals surface area contributed by atoms with Crippen LogP contribution in [0.2, 0.25) is 0 Å². The molecule has 27 heavy (non-hydrogen) atoms. The van der Waals surface area contributed by atoms with Crippen LogP contribution in [0, 0.1) is 0 Å². The van der Waals surface area contributed by atoms with Crippen molar-refractivity contribution in [2.75, 3.05) is 26.9 Å². The summed E-state index contributed by atoms with van der Waals surface area (Å²) >= 11 is 0. The van der Waals surface area contributed by atoms with Gasteiger partial charge in [-0.25, -0.2) is 4.79 Å². The molecule has 0 amide bonds. The first-order valence-corrected chi connectivity index (χ1v) is 9.03. The van der Waals surface area contributed by atoms with E-state index in [-0.39, 0.29) is 0 Å². The van der Waals surface area contributed by atoms with Gasteiger partial charge >= 0.3 is 5.97 Å². The first-order valence-electron chi connectivity index (χ1n) is 9.03. The second-order valence-electron chi connectivity index (χ2n) is 6.14. The molecule has 3 N–H and O–H groups in total. The second kappa shape index (κ2) is 16.1. The summed E-state index contributed by atoms with van der Waals surface area (Å²) < 4.78 is 10.6. The van der Waals surface area contributed by atoms with Gasteiger partial charge in [0.1, 0.15) is 18.5 Å². The molecule has 0 saturated heterocycles. The lowest BCUT2D eigenvalue weighted by Gasteiger charge is -2.15. The van der Waals surface area contributed by atoms with Crippen molar-refractivity contribution in [3.8, 4) is 5.75 Å². The minimum absolute atomic E-state index is 0.303. The van der Waals surface area contributed by atoms with Crippen molar-refractivity contribution in [1.82, 2.24) is 5.32 Å². The van der Waals surface area contributed by atoms with Gasteiger partial charge in [0, 0.05) is 25.8 Å². The number of aliphatic carboxylic acids is 1. The standard InChI is InChI=1S/C15H25NO3.C6H8O2/c1-12(2)16-10-14(17)11-19-15-6-4-13(5-7-15)8-9-18-3;1-2-3-4-5-6(7)8/h4-7,12,14,16-17H,8-11H2,1-3H3;2-5H,1H3,(H,7,8)/b;3-2+,5-4+. The average molecular weight is 379 g/mol. The topological polar surface area (TPSA) is 88.0 Å². The van der Waals surface area contributed by atoms with Crippen LogP contribution in [0.1, 0.15) is 26.3 Å². The van der Waals surface area contributed by atoms with Crippen LogP contribution < -0.4 is 10.1 Å². The fourth-order valence-electron chi connectivity index (χ4n) is 1.84. The van der Waals surface area contributed by atoms with Gasteiger partial charge < -0.3 is 25.0 Å². The highest BCUT2D eigenvalue weighted by Gasteiger charge is 2.05. The maximum absolute atomic E-state index is 9.75. The molecule has 0 radical (unpaired) electrons. The van der Waals surface area contributed by atoms with Crippen LogP contribution in [-0.4, -0.2) is 55.2 Å². The van der Waals surface area contributed by atoms with Crippen LogP contribution in [0.25, 0.3) is 0 Å². The number of methoxy groups -OCH3 is 1. The molecule has 1 atom stereocenters. The van der Waals surface area contributed by atoms with Gasteiger partial charge in [-0.1, -0.05) is 44.2 Å². The van der Waals surface area contributed by atoms with Crippen LogP contribution in [0.3, 0.4) is 0 Å². The zero-order valence-electron chi connectivity index (χ0n) is 16.7. The molecule has 0 heterocycles. The molecule has 0 spiro atoms. The predicted molar refractivity (Wildman–Crippen MR) is 108 cm³/mol. The highest BCUT2D eigenvalue weighted by atomic mass is 16.5. The number of aliphatic hydroxyl groups excluding tert-OH is 1. The van der Waals surface area contributed by atoms with Gasteiger partial charge in [0.05, 0.1) is 6.61 Å².